The van der Waals surface area contributed by atoms with Crippen molar-refractivity contribution in [1.29, 1.82) is 0 Å². The Morgan fingerprint density at radius 3 is 2.55 bits per heavy atom. The van der Waals surface area contributed by atoms with Gasteiger partial charge in [-0.25, -0.2) is 4.98 Å². The maximum Gasteiger partial charge on any atom is 0.111 e. The molecule has 0 spiro atoms. The number of halogens is 1. The van der Waals surface area contributed by atoms with E-state index in [0.717, 1.165) is 62.9 Å². The first-order valence-corrected chi connectivity index (χ1v) is 11.5. The summed E-state index contributed by atoms with van der Waals surface area (Å²) in [5, 5.41) is 5.58. The van der Waals surface area contributed by atoms with Crippen LogP contribution in [0.25, 0.3) is 33.7 Å². The highest BCUT2D eigenvalue weighted by Gasteiger charge is 2.17. The normalized spacial score (nSPS) is 11.5. The molecule has 0 saturated carbocycles. The van der Waals surface area contributed by atoms with Crippen molar-refractivity contribution in [3.8, 4) is 22.6 Å². The quantitative estimate of drug-likeness (QED) is 0.329. The number of aromatic nitrogens is 6. The average Bonchev–Trinajstić information content (AvgIpc) is 3.47. The van der Waals surface area contributed by atoms with Crippen molar-refractivity contribution in [2.45, 2.75) is 39.7 Å². The molecular weight excluding hydrogens is 432 g/mol. The highest BCUT2D eigenvalue weighted by molar-refractivity contribution is 6.31. The van der Waals surface area contributed by atoms with E-state index >= 15 is 0 Å². The van der Waals surface area contributed by atoms with Gasteiger partial charge in [-0.3, -0.25) is 14.6 Å². The van der Waals surface area contributed by atoms with E-state index in [-0.39, 0.29) is 6.04 Å². The monoisotopic (exact) mass is 456 g/mol. The first-order valence-electron chi connectivity index (χ1n) is 11.1. The number of H-pyrrole nitrogens is 1. The highest BCUT2D eigenvalue weighted by atomic mass is 35.5. The summed E-state index contributed by atoms with van der Waals surface area (Å²) < 4.78 is 1.96. The smallest absolute Gasteiger partial charge is 0.111 e. The molecule has 33 heavy (non-hydrogen) atoms. The zero-order chi connectivity index (χ0) is 22.9. The molecule has 0 fully saturated rings. The van der Waals surface area contributed by atoms with E-state index in [2.05, 4.69) is 40.9 Å². The third-order valence-corrected chi connectivity index (χ3v) is 6.18. The molecule has 0 bridgehead atoms. The molecule has 0 radical (unpaired) electrons. The number of nitrogens with zero attached hydrogens (tertiary/aromatic N) is 5. The van der Waals surface area contributed by atoms with E-state index in [9.17, 15) is 0 Å². The molecule has 3 aromatic heterocycles. The Hall–Kier alpha value is -3.51. The number of nitrogens with one attached hydrogen (secondary N) is 1. The Morgan fingerprint density at radius 2 is 1.79 bits per heavy atom. The van der Waals surface area contributed by atoms with Crippen LogP contribution in [0.2, 0.25) is 5.02 Å². The van der Waals surface area contributed by atoms with Gasteiger partial charge in [0.05, 0.1) is 22.4 Å². The van der Waals surface area contributed by atoms with Crippen LogP contribution >= 0.6 is 11.6 Å². The van der Waals surface area contributed by atoms with Gasteiger partial charge >= 0.3 is 0 Å². The molecule has 0 aliphatic heterocycles. The Kier molecular flexibility index (Phi) is 5.68. The molecular formula is C26H25ClN6. The maximum atomic E-state index is 6.32. The van der Waals surface area contributed by atoms with Gasteiger partial charge in [0, 0.05) is 41.6 Å². The van der Waals surface area contributed by atoms with Gasteiger partial charge in [-0.15, -0.1) is 0 Å². The SMILES string of the molecule is Cc1ccc(CCc2nc(-c3ccc4nccnc4c3)c(-c3ccn(C(C)C)n3)[nH]2)cc1Cl. The molecule has 0 aliphatic carbocycles. The van der Waals surface area contributed by atoms with E-state index in [0.29, 0.717) is 0 Å². The van der Waals surface area contributed by atoms with Crippen LogP contribution in [0.5, 0.6) is 0 Å². The summed E-state index contributed by atoms with van der Waals surface area (Å²) in [5.41, 5.74) is 7.61. The number of rotatable bonds is 6. The van der Waals surface area contributed by atoms with Crippen LogP contribution in [0, 0.1) is 6.92 Å². The van der Waals surface area contributed by atoms with Crippen LogP contribution in [0.15, 0.2) is 61.1 Å². The summed E-state index contributed by atoms with van der Waals surface area (Å²) in [6, 6.07) is 14.6. The lowest BCUT2D eigenvalue weighted by molar-refractivity contribution is 0.534. The predicted molar refractivity (Wildman–Crippen MR) is 132 cm³/mol. The second-order valence-electron chi connectivity index (χ2n) is 8.53. The fourth-order valence-electron chi connectivity index (χ4n) is 3.86. The molecule has 1 N–H and O–H groups in total. The summed E-state index contributed by atoms with van der Waals surface area (Å²) in [5.74, 6) is 0.912. The Balaban J connectivity index is 1.53. The fraction of sp³-hybridized carbons (Fsp3) is 0.231. The van der Waals surface area contributed by atoms with Crippen molar-refractivity contribution in [1.82, 2.24) is 29.7 Å². The minimum absolute atomic E-state index is 0.284. The molecule has 0 unspecified atom stereocenters. The van der Waals surface area contributed by atoms with Gasteiger partial charge in [0.25, 0.3) is 0 Å². The number of benzene rings is 2. The third kappa shape index (κ3) is 4.39. The van der Waals surface area contributed by atoms with Crippen LogP contribution in [0.3, 0.4) is 0 Å². The summed E-state index contributed by atoms with van der Waals surface area (Å²) in [7, 11) is 0. The number of imidazole rings is 1. The van der Waals surface area contributed by atoms with Crippen molar-refractivity contribution >= 4 is 22.6 Å². The van der Waals surface area contributed by atoms with Gasteiger partial charge in [0.2, 0.25) is 0 Å². The average molecular weight is 457 g/mol. The van der Waals surface area contributed by atoms with Gasteiger partial charge in [-0.05, 0) is 62.6 Å². The fourth-order valence-corrected chi connectivity index (χ4v) is 4.06. The first kappa shape index (κ1) is 21.3. The summed E-state index contributed by atoms with van der Waals surface area (Å²) >= 11 is 6.32. The van der Waals surface area contributed by atoms with Gasteiger partial charge in [-0.2, -0.15) is 5.10 Å². The van der Waals surface area contributed by atoms with Gasteiger partial charge in [0.1, 0.15) is 11.5 Å². The van der Waals surface area contributed by atoms with Gasteiger partial charge < -0.3 is 4.98 Å². The largest absolute Gasteiger partial charge is 0.340 e. The Labute approximate surface area is 197 Å². The van der Waals surface area contributed by atoms with E-state index < -0.39 is 0 Å². The molecule has 166 valence electrons. The van der Waals surface area contributed by atoms with Crippen molar-refractivity contribution in [2.75, 3.05) is 0 Å². The third-order valence-electron chi connectivity index (χ3n) is 5.78. The second kappa shape index (κ2) is 8.79. The second-order valence-corrected chi connectivity index (χ2v) is 8.93. The highest BCUT2D eigenvalue weighted by Crippen LogP contribution is 2.31. The molecule has 2 aromatic carbocycles. The topological polar surface area (TPSA) is 72.3 Å². The number of hydrogen-bond donors (Lipinski definition) is 1. The van der Waals surface area contributed by atoms with Crippen LogP contribution in [-0.2, 0) is 12.8 Å². The molecule has 0 amide bonds. The van der Waals surface area contributed by atoms with Gasteiger partial charge in [0.15, 0.2) is 0 Å². The summed E-state index contributed by atoms with van der Waals surface area (Å²) in [6.07, 6.45) is 7.03. The summed E-state index contributed by atoms with van der Waals surface area (Å²) in [4.78, 5) is 17.4. The van der Waals surface area contributed by atoms with E-state index in [1.54, 1.807) is 12.4 Å². The molecule has 5 aromatic rings. The Bertz CT molecular complexity index is 1430. The zero-order valence-electron chi connectivity index (χ0n) is 18.9. The first-order chi connectivity index (χ1) is 16.0. The van der Waals surface area contributed by atoms with Crippen LogP contribution < -0.4 is 0 Å². The summed E-state index contributed by atoms with van der Waals surface area (Å²) in [6.45, 7) is 6.25. The molecule has 3 heterocycles. The van der Waals surface area contributed by atoms with Gasteiger partial charge in [-0.1, -0.05) is 29.8 Å². The molecule has 0 saturated heterocycles. The number of fused-ring (bicyclic) bond motifs is 1. The molecule has 0 aliphatic rings. The minimum Gasteiger partial charge on any atom is -0.340 e. The minimum atomic E-state index is 0.284. The lowest BCUT2D eigenvalue weighted by Gasteiger charge is -2.04. The van der Waals surface area contributed by atoms with Crippen molar-refractivity contribution in [3.63, 3.8) is 0 Å². The van der Waals surface area contributed by atoms with E-state index in [1.165, 1.54) is 5.56 Å². The molecule has 7 heteroatoms. The van der Waals surface area contributed by atoms with Crippen LogP contribution in [0.1, 0.15) is 36.8 Å². The van der Waals surface area contributed by atoms with Crippen molar-refractivity contribution in [3.05, 3.63) is 83.0 Å². The lowest BCUT2D eigenvalue weighted by atomic mass is 10.1. The maximum absolute atomic E-state index is 6.32. The lowest BCUT2D eigenvalue weighted by Crippen LogP contribution is -2.01. The molecule has 0 atom stereocenters. The molecule has 5 rings (SSSR count). The number of aryl methyl sites for hydroxylation is 3. The zero-order valence-corrected chi connectivity index (χ0v) is 19.6. The predicted octanol–water partition coefficient (Wildman–Crippen LogP) is 6.21. The van der Waals surface area contributed by atoms with Crippen LogP contribution in [-0.4, -0.2) is 29.7 Å². The van der Waals surface area contributed by atoms with Crippen molar-refractivity contribution < 1.29 is 0 Å². The van der Waals surface area contributed by atoms with E-state index in [1.807, 2.05) is 48.1 Å². The van der Waals surface area contributed by atoms with Crippen LogP contribution in [0.4, 0.5) is 0 Å². The van der Waals surface area contributed by atoms with Crippen molar-refractivity contribution in [2.24, 2.45) is 0 Å². The Morgan fingerprint density at radius 1 is 0.970 bits per heavy atom. The number of hydrogen-bond acceptors (Lipinski definition) is 4. The van der Waals surface area contributed by atoms with E-state index in [4.69, 9.17) is 21.7 Å². The molecule has 6 nitrogen and oxygen atoms in total. The standard InChI is InChI=1S/C26H25ClN6/c1-16(2)33-13-10-22(32-33)26-25(19-7-8-21-23(15-19)29-12-11-28-21)30-24(31-26)9-6-18-5-4-17(3)20(27)14-18/h4-5,7-8,10-16H,6,9H2,1-3H3,(H,30,31). The number of aromatic amines is 1.